The number of carbonyl (C=O) groups is 1. The maximum Gasteiger partial charge on any atom is 0.247 e. The molecule has 3 N–H and O–H groups in total. The molecule has 0 saturated carbocycles. The summed E-state index contributed by atoms with van der Waals surface area (Å²) in [6, 6.07) is 0. The van der Waals surface area contributed by atoms with Crippen molar-refractivity contribution in [2.75, 3.05) is 20.7 Å². The standard InChI is InChI=1S/C10H19N3O3/c1-10(2)15-6-7(9(14)12-11)8(16-10)5-13(3)4/h5,7H,6,11H2,1-4H3,(H,12,14)/b8-5+. The van der Waals surface area contributed by atoms with Gasteiger partial charge in [-0.2, -0.15) is 0 Å². The number of amides is 1. The van der Waals surface area contributed by atoms with Gasteiger partial charge in [0.2, 0.25) is 11.7 Å². The zero-order valence-electron chi connectivity index (χ0n) is 10.1. The van der Waals surface area contributed by atoms with Crippen LogP contribution in [-0.2, 0) is 14.3 Å². The zero-order valence-corrected chi connectivity index (χ0v) is 10.1. The molecule has 0 aromatic carbocycles. The van der Waals surface area contributed by atoms with Crippen molar-refractivity contribution in [3.63, 3.8) is 0 Å². The summed E-state index contributed by atoms with van der Waals surface area (Å²) in [6.45, 7) is 3.86. The number of ether oxygens (including phenoxy) is 2. The second kappa shape index (κ2) is 4.71. The molecular weight excluding hydrogens is 210 g/mol. The quantitative estimate of drug-likeness (QED) is 0.389. The van der Waals surface area contributed by atoms with Crippen molar-refractivity contribution in [3.05, 3.63) is 12.0 Å². The van der Waals surface area contributed by atoms with Gasteiger partial charge in [-0.05, 0) is 0 Å². The number of hydrogen-bond donors (Lipinski definition) is 2. The number of hydrogen-bond acceptors (Lipinski definition) is 5. The van der Waals surface area contributed by atoms with Crippen LogP contribution >= 0.6 is 0 Å². The fourth-order valence-corrected chi connectivity index (χ4v) is 1.43. The third-order valence-electron chi connectivity index (χ3n) is 2.15. The summed E-state index contributed by atoms with van der Waals surface area (Å²) in [5.74, 6) is 4.14. The SMILES string of the molecule is CN(C)/C=C1/OC(C)(C)OCC1C(=O)NN. The summed E-state index contributed by atoms with van der Waals surface area (Å²) >= 11 is 0. The average Bonchev–Trinajstić information content (AvgIpc) is 2.14. The molecule has 1 amide bonds. The normalized spacial score (nSPS) is 26.1. The molecule has 1 atom stereocenters. The van der Waals surface area contributed by atoms with Crippen molar-refractivity contribution < 1.29 is 14.3 Å². The van der Waals surface area contributed by atoms with Crippen LogP contribution < -0.4 is 11.3 Å². The molecule has 0 aromatic heterocycles. The van der Waals surface area contributed by atoms with Crippen LogP contribution in [0.2, 0.25) is 0 Å². The highest BCUT2D eigenvalue weighted by atomic mass is 16.7. The fourth-order valence-electron chi connectivity index (χ4n) is 1.43. The lowest BCUT2D eigenvalue weighted by atomic mass is 10.1. The van der Waals surface area contributed by atoms with Crippen molar-refractivity contribution in [1.29, 1.82) is 0 Å². The van der Waals surface area contributed by atoms with Crippen molar-refractivity contribution in [3.8, 4) is 0 Å². The third kappa shape index (κ3) is 3.11. The number of hydrazine groups is 1. The van der Waals surface area contributed by atoms with Crippen LogP contribution in [0.1, 0.15) is 13.8 Å². The molecule has 0 bridgehead atoms. The summed E-state index contributed by atoms with van der Waals surface area (Å²) < 4.78 is 11.0. The Bertz CT molecular complexity index is 300. The minimum atomic E-state index is -0.715. The van der Waals surface area contributed by atoms with E-state index in [1.807, 2.05) is 19.0 Å². The first-order valence-electron chi connectivity index (χ1n) is 5.07. The molecule has 92 valence electrons. The van der Waals surface area contributed by atoms with Crippen LogP contribution in [0.4, 0.5) is 0 Å². The lowest BCUT2D eigenvalue weighted by molar-refractivity contribution is -0.231. The Morgan fingerprint density at radius 2 is 2.25 bits per heavy atom. The number of nitrogens with two attached hydrogens (primary N) is 1. The third-order valence-corrected chi connectivity index (χ3v) is 2.15. The molecule has 6 nitrogen and oxygen atoms in total. The first-order valence-corrected chi connectivity index (χ1v) is 5.07. The summed E-state index contributed by atoms with van der Waals surface area (Å²) in [4.78, 5) is 13.3. The first-order chi connectivity index (χ1) is 7.35. The highest BCUT2D eigenvalue weighted by Crippen LogP contribution is 2.29. The van der Waals surface area contributed by atoms with E-state index in [1.54, 1.807) is 20.0 Å². The molecule has 1 fully saturated rings. The highest BCUT2D eigenvalue weighted by Gasteiger charge is 2.36. The molecule has 0 spiro atoms. The minimum Gasteiger partial charge on any atom is -0.465 e. The van der Waals surface area contributed by atoms with E-state index < -0.39 is 11.7 Å². The molecule has 1 saturated heterocycles. The van der Waals surface area contributed by atoms with Crippen LogP contribution in [0.15, 0.2) is 12.0 Å². The van der Waals surface area contributed by atoms with Gasteiger partial charge in [0.25, 0.3) is 0 Å². The molecule has 1 rings (SSSR count). The molecule has 1 aliphatic heterocycles. The lowest BCUT2D eigenvalue weighted by Gasteiger charge is -2.37. The van der Waals surface area contributed by atoms with E-state index in [9.17, 15) is 4.79 Å². The largest absolute Gasteiger partial charge is 0.465 e. The molecule has 1 aliphatic rings. The predicted molar refractivity (Wildman–Crippen MR) is 58.7 cm³/mol. The maximum atomic E-state index is 11.5. The van der Waals surface area contributed by atoms with Crippen LogP contribution in [0.25, 0.3) is 0 Å². The van der Waals surface area contributed by atoms with Crippen LogP contribution in [0.3, 0.4) is 0 Å². The second-order valence-corrected chi connectivity index (χ2v) is 4.37. The van der Waals surface area contributed by atoms with E-state index in [-0.39, 0.29) is 12.5 Å². The van der Waals surface area contributed by atoms with E-state index in [0.29, 0.717) is 5.76 Å². The summed E-state index contributed by atoms with van der Waals surface area (Å²) in [5.41, 5.74) is 2.11. The monoisotopic (exact) mass is 229 g/mol. The van der Waals surface area contributed by atoms with Crippen molar-refractivity contribution >= 4 is 5.91 Å². The maximum absolute atomic E-state index is 11.5. The predicted octanol–water partition coefficient (Wildman–Crippen LogP) is -0.222. The second-order valence-electron chi connectivity index (χ2n) is 4.37. The summed E-state index contributed by atoms with van der Waals surface area (Å²) in [5, 5.41) is 0. The Morgan fingerprint density at radius 1 is 1.62 bits per heavy atom. The van der Waals surface area contributed by atoms with Gasteiger partial charge in [-0.3, -0.25) is 10.2 Å². The fraction of sp³-hybridized carbons (Fsp3) is 0.700. The topological polar surface area (TPSA) is 76.8 Å². The van der Waals surface area contributed by atoms with Gasteiger partial charge in [-0.1, -0.05) is 0 Å². The smallest absolute Gasteiger partial charge is 0.247 e. The molecule has 0 radical (unpaired) electrons. The molecule has 16 heavy (non-hydrogen) atoms. The van der Waals surface area contributed by atoms with Crippen LogP contribution in [-0.4, -0.2) is 37.3 Å². The minimum absolute atomic E-state index is 0.260. The summed E-state index contributed by atoms with van der Waals surface area (Å²) in [6.07, 6.45) is 1.75. The number of nitrogens with zero attached hydrogens (tertiary/aromatic N) is 1. The molecule has 0 aliphatic carbocycles. The van der Waals surface area contributed by atoms with Gasteiger partial charge in [0.05, 0.1) is 6.61 Å². The number of nitrogens with one attached hydrogen (secondary N) is 1. The molecule has 1 unspecified atom stereocenters. The average molecular weight is 229 g/mol. The van der Waals surface area contributed by atoms with Gasteiger partial charge in [0.1, 0.15) is 11.7 Å². The Hall–Kier alpha value is -1.27. The molecular formula is C10H19N3O3. The van der Waals surface area contributed by atoms with Gasteiger partial charge < -0.3 is 14.4 Å². The highest BCUT2D eigenvalue weighted by molar-refractivity contribution is 5.80. The first kappa shape index (κ1) is 12.8. The van der Waals surface area contributed by atoms with Gasteiger partial charge in [0.15, 0.2) is 0 Å². The zero-order chi connectivity index (χ0) is 12.3. The van der Waals surface area contributed by atoms with Gasteiger partial charge >= 0.3 is 0 Å². The van der Waals surface area contributed by atoms with Gasteiger partial charge in [0, 0.05) is 34.1 Å². The van der Waals surface area contributed by atoms with Crippen molar-refractivity contribution in [2.24, 2.45) is 11.8 Å². The molecule has 1 heterocycles. The Balaban J connectivity index is 2.89. The number of rotatable bonds is 2. The van der Waals surface area contributed by atoms with E-state index in [0.717, 1.165) is 0 Å². The van der Waals surface area contributed by atoms with Crippen LogP contribution in [0, 0.1) is 5.92 Å². The van der Waals surface area contributed by atoms with E-state index in [2.05, 4.69) is 5.43 Å². The Morgan fingerprint density at radius 3 is 2.75 bits per heavy atom. The van der Waals surface area contributed by atoms with Gasteiger partial charge in [-0.25, -0.2) is 5.84 Å². The lowest BCUT2D eigenvalue weighted by Crippen LogP contribution is -2.46. The van der Waals surface area contributed by atoms with Crippen LogP contribution in [0.5, 0.6) is 0 Å². The van der Waals surface area contributed by atoms with Gasteiger partial charge in [-0.15, -0.1) is 0 Å². The van der Waals surface area contributed by atoms with E-state index in [4.69, 9.17) is 15.3 Å². The Labute approximate surface area is 95.3 Å². The van der Waals surface area contributed by atoms with Crippen molar-refractivity contribution in [2.45, 2.75) is 19.6 Å². The summed E-state index contributed by atoms with van der Waals surface area (Å²) in [7, 11) is 3.71. The molecule has 0 aromatic rings. The molecule has 6 heteroatoms. The van der Waals surface area contributed by atoms with E-state index in [1.165, 1.54) is 0 Å². The Kier molecular flexibility index (Phi) is 3.77. The van der Waals surface area contributed by atoms with Crippen molar-refractivity contribution in [1.82, 2.24) is 10.3 Å². The van der Waals surface area contributed by atoms with E-state index >= 15 is 0 Å². The number of carbonyl (C=O) groups excluding carboxylic acids is 1.